The van der Waals surface area contributed by atoms with Gasteiger partial charge in [0.1, 0.15) is 10.8 Å². The summed E-state index contributed by atoms with van der Waals surface area (Å²) in [6.45, 7) is 3.39. The van der Waals surface area contributed by atoms with Crippen LogP contribution in [0.5, 0.6) is 0 Å². The largest absolute Gasteiger partial charge is 0.389 e. The van der Waals surface area contributed by atoms with Crippen molar-refractivity contribution < 1.29 is 4.74 Å². The van der Waals surface area contributed by atoms with Crippen molar-refractivity contribution in [2.45, 2.75) is 32.1 Å². The van der Waals surface area contributed by atoms with Gasteiger partial charge in [0.05, 0.1) is 12.2 Å². The number of thiocarbonyl (C=S) groups is 1. The maximum atomic E-state index is 5.93. The van der Waals surface area contributed by atoms with Crippen LogP contribution in [0, 0.1) is 0 Å². The molecule has 108 valence electrons. The van der Waals surface area contributed by atoms with Crippen LogP contribution in [-0.2, 0) is 17.6 Å². The van der Waals surface area contributed by atoms with Gasteiger partial charge in [0, 0.05) is 25.4 Å². The molecule has 4 nitrogen and oxygen atoms in total. The SMILES string of the molecule is NC(=S)c1cc2c(nc1N1CCCOCC1)CCCC2. The van der Waals surface area contributed by atoms with Crippen LogP contribution in [0.2, 0.25) is 0 Å². The van der Waals surface area contributed by atoms with Crippen LogP contribution in [0.25, 0.3) is 0 Å². The average molecular weight is 291 g/mol. The summed E-state index contributed by atoms with van der Waals surface area (Å²) in [4.78, 5) is 7.63. The van der Waals surface area contributed by atoms with E-state index in [0.717, 1.165) is 56.9 Å². The van der Waals surface area contributed by atoms with Crippen LogP contribution in [0.4, 0.5) is 5.82 Å². The van der Waals surface area contributed by atoms with Gasteiger partial charge >= 0.3 is 0 Å². The summed E-state index contributed by atoms with van der Waals surface area (Å²) in [5.74, 6) is 0.962. The molecular weight excluding hydrogens is 270 g/mol. The Labute approximate surface area is 125 Å². The second-order valence-electron chi connectivity index (χ2n) is 5.49. The normalized spacial score (nSPS) is 19.3. The monoisotopic (exact) mass is 291 g/mol. The third kappa shape index (κ3) is 2.79. The number of anilines is 1. The highest BCUT2D eigenvalue weighted by Crippen LogP contribution is 2.27. The molecule has 1 aliphatic carbocycles. The minimum atomic E-state index is 0.450. The first-order chi connectivity index (χ1) is 9.75. The molecule has 1 aliphatic heterocycles. The predicted octanol–water partition coefficient (Wildman–Crippen LogP) is 1.82. The fraction of sp³-hybridized carbons (Fsp3) is 0.600. The van der Waals surface area contributed by atoms with Gasteiger partial charge in [0.25, 0.3) is 0 Å². The quantitative estimate of drug-likeness (QED) is 0.842. The number of rotatable bonds is 2. The molecule has 2 N–H and O–H groups in total. The van der Waals surface area contributed by atoms with Crippen molar-refractivity contribution in [2.75, 3.05) is 31.2 Å². The van der Waals surface area contributed by atoms with Crippen LogP contribution in [0.1, 0.15) is 36.1 Å². The van der Waals surface area contributed by atoms with Crippen molar-refractivity contribution in [1.29, 1.82) is 0 Å². The van der Waals surface area contributed by atoms with E-state index in [2.05, 4.69) is 11.0 Å². The minimum Gasteiger partial charge on any atom is -0.389 e. The zero-order valence-electron chi connectivity index (χ0n) is 11.7. The van der Waals surface area contributed by atoms with E-state index >= 15 is 0 Å². The second kappa shape index (κ2) is 6.06. The van der Waals surface area contributed by atoms with E-state index in [4.69, 9.17) is 27.7 Å². The van der Waals surface area contributed by atoms with E-state index in [1.165, 1.54) is 24.1 Å². The molecule has 2 aliphatic rings. The summed E-state index contributed by atoms with van der Waals surface area (Å²) in [6.07, 6.45) is 5.67. The van der Waals surface area contributed by atoms with E-state index in [1.54, 1.807) is 0 Å². The highest BCUT2D eigenvalue weighted by molar-refractivity contribution is 7.80. The molecule has 20 heavy (non-hydrogen) atoms. The molecule has 0 unspecified atom stereocenters. The maximum absolute atomic E-state index is 5.93. The number of ether oxygens (including phenoxy) is 1. The fourth-order valence-electron chi connectivity index (χ4n) is 3.00. The lowest BCUT2D eigenvalue weighted by Crippen LogP contribution is -2.30. The Balaban J connectivity index is 2.00. The van der Waals surface area contributed by atoms with E-state index in [0.29, 0.717) is 4.99 Å². The first-order valence-electron chi connectivity index (χ1n) is 7.41. The van der Waals surface area contributed by atoms with E-state index in [-0.39, 0.29) is 0 Å². The summed E-state index contributed by atoms with van der Waals surface area (Å²) in [5, 5.41) is 0. The highest BCUT2D eigenvalue weighted by atomic mass is 32.1. The third-order valence-corrected chi connectivity index (χ3v) is 4.29. The molecule has 3 rings (SSSR count). The number of nitrogens with two attached hydrogens (primary N) is 1. The minimum absolute atomic E-state index is 0.450. The molecule has 0 saturated carbocycles. The van der Waals surface area contributed by atoms with Crippen LogP contribution in [0.3, 0.4) is 0 Å². The van der Waals surface area contributed by atoms with Gasteiger partial charge < -0.3 is 15.4 Å². The molecule has 2 heterocycles. The molecule has 1 saturated heterocycles. The van der Waals surface area contributed by atoms with Crippen molar-refractivity contribution in [3.05, 3.63) is 22.9 Å². The highest BCUT2D eigenvalue weighted by Gasteiger charge is 2.21. The van der Waals surface area contributed by atoms with E-state index in [9.17, 15) is 0 Å². The third-order valence-electron chi connectivity index (χ3n) is 4.07. The standard InChI is InChI=1S/C15H21N3OS/c16-14(20)12-10-11-4-1-2-5-13(11)17-15(12)18-6-3-8-19-9-7-18/h10H,1-9H2,(H2,16,20). The van der Waals surface area contributed by atoms with Gasteiger partial charge in [0.2, 0.25) is 0 Å². The Morgan fingerprint density at radius 1 is 1.20 bits per heavy atom. The van der Waals surface area contributed by atoms with Crippen LogP contribution in [-0.4, -0.2) is 36.3 Å². The first-order valence-corrected chi connectivity index (χ1v) is 7.82. The molecule has 0 amide bonds. The maximum Gasteiger partial charge on any atom is 0.139 e. The molecule has 0 aromatic carbocycles. The number of fused-ring (bicyclic) bond motifs is 1. The smallest absolute Gasteiger partial charge is 0.139 e. The van der Waals surface area contributed by atoms with Crippen molar-refractivity contribution >= 4 is 23.0 Å². The van der Waals surface area contributed by atoms with Gasteiger partial charge in [0.15, 0.2) is 0 Å². The van der Waals surface area contributed by atoms with E-state index < -0.39 is 0 Å². The molecule has 1 fully saturated rings. The summed E-state index contributed by atoms with van der Waals surface area (Å²) in [5.41, 5.74) is 9.42. The van der Waals surface area contributed by atoms with Crippen molar-refractivity contribution in [3.8, 4) is 0 Å². The number of hydrogen-bond donors (Lipinski definition) is 1. The Kier molecular flexibility index (Phi) is 4.17. The van der Waals surface area contributed by atoms with E-state index in [1.807, 2.05) is 0 Å². The molecule has 0 radical (unpaired) electrons. The van der Waals surface area contributed by atoms with Gasteiger partial charge in [-0.1, -0.05) is 12.2 Å². The Morgan fingerprint density at radius 3 is 2.90 bits per heavy atom. The number of hydrogen-bond acceptors (Lipinski definition) is 4. The second-order valence-corrected chi connectivity index (χ2v) is 5.93. The van der Waals surface area contributed by atoms with Crippen molar-refractivity contribution in [2.24, 2.45) is 5.73 Å². The molecule has 1 aromatic heterocycles. The lowest BCUT2D eigenvalue weighted by molar-refractivity contribution is 0.152. The molecule has 0 atom stereocenters. The lowest BCUT2D eigenvalue weighted by Gasteiger charge is -2.26. The zero-order valence-corrected chi connectivity index (χ0v) is 12.5. The van der Waals surface area contributed by atoms with Gasteiger partial charge in [-0.2, -0.15) is 0 Å². The summed E-state index contributed by atoms with van der Waals surface area (Å²) in [6, 6.07) is 2.17. The molecule has 5 heteroatoms. The van der Waals surface area contributed by atoms with Gasteiger partial charge in [-0.15, -0.1) is 0 Å². The van der Waals surface area contributed by atoms with Crippen LogP contribution < -0.4 is 10.6 Å². The van der Waals surface area contributed by atoms with Crippen LogP contribution in [0.15, 0.2) is 6.07 Å². The number of pyridine rings is 1. The van der Waals surface area contributed by atoms with Gasteiger partial charge in [-0.25, -0.2) is 4.98 Å². The lowest BCUT2D eigenvalue weighted by atomic mass is 9.94. The predicted molar refractivity (Wildman–Crippen MR) is 84.4 cm³/mol. The zero-order chi connectivity index (χ0) is 13.9. The number of nitrogens with zero attached hydrogens (tertiary/aromatic N) is 2. The average Bonchev–Trinajstić information content (AvgIpc) is 2.74. The molecule has 0 spiro atoms. The Morgan fingerprint density at radius 2 is 2.05 bits per heavy atom. The Hall–Kier alpha value is -1.20. The summed E-state index contributed by atoms with van der Waals surface area (Å²) < 4.78 is 5.53. The van der Waals surface area contributed by atoms with Crippen molar-refractivity contribution in [3.63, 3.8) is 0 Å². The fourth-order valence-corrected chi connectivity index (χ4v) is 3.15. The van der Waals surface area contributed by atoms with Gasteiger partial charge in [-0.05, 0) is 43.7 Å². The number of aryl methyl sites for hydroxylation is 2. The van der Waals surface area contributed by atoms with Gasteiger partial charge in [-0.3, -0.25) is 0 Å². The molecule has 0 bridgehead atoms. The van der Waals surface area contributed by atoms with Crippen molar-refractivity contribution in [1.82, 2.24) is 4.98 Å². The first kappa shape index (κ1) is 13.8. The summed E-state index contributed by atoms with van der Waals surface area (Å²) in [7, 11) is 0. The summed E-state index contributed by atoms with van der Waals surface area (Å²) >= 11 is 5.24. The molecule has 1 aromatic rings. The topological polar surface area (TPSA) is 51.4 Å². The molecular formula is C15H21N3OS. The Bertz CT molecular complexity index is 510. The number of aromatic nitrogens is 1. The van der Waals surface area contributed by atoms with Crippen LogP contribution >= 0.6 is 12.2 Å².